The molecule has 6 heteroatoms. The molecule has 0 aliphatic rings. The van der Waals surface area contributed by atoms with Crippen LogP contribution in [0.4, 0.5) is 5.95 Å². The maximum absolute atomic E-state index is 12.0. The van der Waals surface area contributed by atoms with E-state index < -0.39 is 0 Å². The summed E-state index contributed by atoms with van der Waals surface area (Å²) in [5.74, 6) is 0.553. The molecular weight excluding hydrogens is 254 g/mol. The summed E-state index contributed by atoms with van der Waals surface area (Å²) in [6.07, 6.45) is 3.74. The topological polar surface area (TPSA) is 66.8 Å². The summed E-state index contributed by atoms with van der Waals surface area (Å²) in [5, 5.41) is 4.73. The molecule has 6 nitrogen and oxygen atoms in total. The van der Waals surface area contributed by atoms with E-state index in [2.05, 4.69) is 15.1 Å². The summed E-state index contributed by atoms with van der Waals surface area (Å²) >= 11 is 0. The lowest BCUT2D eigenvalue weighted by atomic mass is 10.2. The highest BCUT2D eigenvalue weighted by molar-refractivity contribution is 5.78. The van der Waals surface area contributed by atoms with Crippen molar-refractivity contribution in [1.29, 1.82) is 0 Å². The SMILES string of the molecule is CN(Cc1cnn(C)c1)c1nc2ccccc2c(=O)[nH]1. The number of para-hydroxylation sites is 1. The van der Waals surface area contributed by atoms with Gasteiger partial charge in [0.25, 0.3) is 5.56 Å². The van der Waals surface area contributed by atoms with E-state index in [9.17, 15) is 4.79 Å². The Morgan fingerprint density at radius 2 is 2.15 bits per heavy atom. The lowest BCUT2D eigenvalue weighted by Gasteiger charge is -2.16. The summed E-state index contributed by atoms with van der Waals surface area (Å²) in [6, 6.07) is 7.32. The second-order valence-corrected chi connectivity index (χ2v) is 4.78. The Morgan fingerprint density at radius 3 is 2.90 bits per heavy atom. The van der Waals surface area contributed by atoms with Gasteiger partial charge in [0.05, 0.1) is 17.1 Å². The highest BCUT2D eigenvalue weighted by Crippen LogP contribution is 2.12. The van der Waals surface area contributed by atoms with Gasteiger partial charge in [0.2, 0.25) is 5.95 Å². The minimum Gasteiger partial charge on any atom is -0.341 e. The molecule has 1 aromatic carbocycles. The van der Waals surface area contributed by atoms with Crippen LogP contribution in [-0.4, -0.2) is 26.8 Å². The first-order valence-corrected chi connectivity index (χ1v) is 6.31. The van der Waals surface area contributed by atoms with Gasteiger partial charge in [-0.05, 0) is 12.1 Å². The Morgan fingerprint density at radius 1 is 1.35 bits per heavy atom. The number of aromatic amines is 1. The number of hydrogen-bond acceptors (Lipinski definition) is 4. The Bertz CT molecular complexity index is 804. The van der Waals surface area contributed by atoms with Crippen molar-refractivity contribution in [3.8, 4) is 0 Å². The fourth-order valence-corrected chi connectivity index (χ4v) is 2.16. The molecule has 0 atom stereocenters. The highest BCUT2D eigenvalue weighted by Gasteiger charge is 2.08. The van der Waals surface area contributed by atoms with Crippen LogP contribution in [-0.2, 0) is 13.6 Å². The minimum atomic E-state index is -0.122. The lowest BCUT2D eigenvalue weighted by molar-refractivity contribution is 0.766. The average Bonchev–Trinajstić information content (AvgIpc) is 2.84. The van der Waals surface area contributed by atoms with Gasteiger partial charge in [-0.2, -0.15) is 5.10 Å². The van der Waals surface area contributed by atoms with Gasteiger partial charge in [-0.15, -0.1) is 0 Å². The van der Waals surface area contributed by atoms with Gasteiger partial charge in [0.1, 0.15) is 0 Å². The Balaban J connectivity index is 1.95. The van der Waals surface area contributed by atoms with E-state index in [4.69, 9.17) is 0 Å². The van der Waals surface area contributed by atoms with Crippen molar-refractivity contribution >= 4 is 16.9 Å². The van der Waals surface area contributed by atoms with E-state index in [0.717, 1.165) is 5.56 Å². The van der Waals surface area contributed by atoms with E-state index in [1.807, 2.05) is 43.4 Å². The third kappa shape index (κ3) is 2.27. The van der Waals surface area contributed by atoms with Crippen molar-refractivity contribution < 1.29 is 0 Å². The molecule has 3 rings (SSSR count). The quantitative estimate of drug-likeness (QED) is 0.778. The van der Waals surface area contributed by atoms with Crippen molar-refractivity contribution in [2.75, 3.05) is 11.9 Å². The highest BCUT2D eigenvalue weighted by atomic mass is 16.1. The molecule has 2 aromatic heterocycles. The number of aromatic nitrogens is 4. The molecule has 1 N–H and O–H groups in total. The van der Waals surface area contributed by atoms with Crippen LogP contribution in [0, 0.1) is 0 Å². The number of hydrogen-bond donors (Lipinski definition) is 1. The van der Waals surface area contributed by atoms with Gasteiger partial charge in [-0.1, -0.05) is 12.1 Å². The Labute approximate surface area is 115 Å². The van der Waals surface area contributed by atoms with E-state index in [0.29, 0.717) is 23.4 Å². The molecule has 0 aliphatic heterocycles. The summed E-state index contributed by atoms with van der Waals surface area (Å²) in [5.41, 5.74) is 1.64. The number of anilines is 1. The van der Waals surface area contributed by atoms with Gasteiger partial charge in [-0.25, -0.2) is 4.98 Å². The fourth-order valence-electron chi connectivity index (χ4n) is 2.16. The fraction of sp³-hybridized carbons (Fsp3) is 0.214. The molecule has 0 saturated heterocycles. The maximum atomic E-state index is 12.0. The predicted octanol–water partition coefficient (Wildman–Crippen LogP) is 1.29. The van der Waals surface area contributed by atoms with Crippen LogP contribution in [0.5, 0.6) is 0 Å². The zero-order valence-electron chi connectivity index (χ0n) is 11.4. The summed E-state index contributed by atoms with van der Waals surface area (Å²) in [6.45, 7) is 0.634. The van der Waals surface area contributed by atoms with Crippen LogP contribution in [0.3, 0.4) is 0 Å². The number of benzene rings is 1. The monoisotopic (exact) mass is 269 g/mol. The van der Waals surface area contributed by atoms with Crippen LogP contribution >= 0.6 is 0 Å². The molecule has 0 fully saturated rings. The Hall–Kier alpha value is -2.63. The van der Waals surface area contributed by atoms with Crippen LogP contribution in [0.15, 0.2) is 41.5 Å². The van der Waals surface area contributed by atoms with Gasteiger partial charge in [0, 0.05) is 32.4 Å². The van der Waals surface area contributed by atoms with Crippen LogP contribution in [0.1, 0.15) is 5.56 Å². The van der Waals surface area contributed by atoms with E-state index >= 15 is 0 Å². The van der Waals surface area contributed by atoms with Gasteiger partial charge in [-0.3, -0.25) is 14.5 Å². The van der Waals surface area contributed by atoms with Crippen LogP contribution in [0.2, 0.25) is 0 Å². The van der Waals surface area contributed by atoms with E-state index in [1.165, 1.54) is 0 Å². The summed E-state index contributed by atoms with van der Waals surface area (Å²) in [7, 11) is 3.76. The van der Waals surface area contributed by atoms with E-state index in [1.54, 1.807) is 16.9 Å². The number of aryl methyl sites for hydroxylation is 1. The first kappa shape index (κ1) is 12.4. The normalized spacial score (nSPS) is 10.9. The zero-order chi connectivity index (χ0) is 14.1. The largest absolute Gasteiger partial charge is 0.341 e. The second kappa shape index (κ2) is 4.80. The van der Waals surface area contributed by atoms with Gasteiger partial charge in [0.15, 0.2) is 0 Å². The molecule has 102 valence electrons. The first-order chi connectivity index (χ1) is 9.63. The molecule has 3 aromatic rings. The van der Waals surface area contributed by atoms with Crippen LogP contribution in [0.25, 0.3) is 10.9 Å². The molecule has 0 amide bonds. The minimum absolute atomic E-state index is 0.122. The average molecular weight is 269 g/mol. The summed E-state index contributed by atoms with van der Waals surface area (Å²) in [4.78, 5) is 21.2. The second-order valence-electron chi connectivity index (χ2n) is 4.78. The molecule has 0 radical (unpaired) electrons. The lowest BCUT2D eigenvalue weighted by Crippen LogP contribution is -2.22. The number of rotatable bonds is 3. The van der Waals surface area contributed by atoms with Crippen LogP contribution < -0.4 is 10.5 Å². The van der Waals surface area contributed by atoms with Gasteiger partial charge < -0.3 is 4.90 Å². The molecule has 0 bridgehead atoms. The van der Waals surface area contributed by atoms with Gasteiger partial charge >= 0.3 is 0 Å². The number of fused-ring (bicyclic) bond motifs is 1. The Kier molecular flexibility index (Phi) is 2.98. The number of nitrogens with zero attached hydrogens (tertiary/aromatic N) is 4. The maximum Gasteiger partial charge on any atom is 0.260 e. The molecule has 0 saturated carbocycles. The van der Waals surface area contributed by atoms with Crippen molar-refractivity contribution in [1.82, 2.24) is 19.7 Å². The molecule has 2 heterocycles. The molecule has 0 aliphatic carbocycles. The molecule has 0 unspecified atom stereocenters. The van der Waals surface area contributed by atoms with Crippen molar-refractivity contribution in [2.45, 2.75) is 6.54 Å². The summed E-state index contributed by atoms with van der Waals surface area (Å²) < 4.78 is 1.75. The third-order valence-electron chi connectivity index (χ3n) is 3.14. The number of H-pyrrole nitrogens is 1. The smallest absolute Gasteiger partial charge is 0.260 e. The molecule has 20 heavy (non-hydrogen) atoms. The predicted molar refractivity (Wildman–Crippen MR) is 77.7 cm³/mol. The standard InChI is InChI=1S/C14H15N5O/c1-18(8-10-7-15-19(2)9-10)14-16-12-6-4-3-5-11(12)13(20)17-14/h3-7,9H,8H2,1-2H3,(H,16,17,20). The number of nitrogens with one attached hydrogen (secondary N) is 1. The van der Waals surface area contributed by atoms with E-state index in [-0.39, 0.29) is 5.56 Å². The molecule has 0 spiro atoms. The van der Waals surface area contributed by atoms with Crippen molar-refractivity contribution in [3.05, 3.63) is 52.6 Å². The first-order valence-electron chi connectivity index (χ1n) is 6.31. The zero-order valence-corrected chi connectivity index (χ0v) is 11.4. The molecular formula is C14H15N5O. The van der Waals surface area contributed by atoms with Crippen molar-refractivity contribution in [3.63, 3.8) is 0 Å². The van der Waals surface area contributed by atoms with Crippen molar-refractivity contribution in [2.24, 2.45) is 7.05 Å². The third-order valence-corrected chi connectivity index (χ3v) is 3.14.